The summed E-state index contributed by atoms with van der Waals surface area (Å²) >= 11 is 0. The Bertz CT molecular complexity index is 838. The first-order chi connectivity index (χ1) is 13.6. The number of carboxylic acid groups (broad SMARTS) is 1. The molecule has 0 atom stereocenters. The summed E-state index contributed by atoms with van der Waals surface area (Å²) in [5, 5.41) is 12.1. The number of carbonyl (C=O) groups excluding carboxylic acids is 1. The van der Waals surface area contributed by atoms with Gasteiger partial charge < -0.3 is 24.5 Å². The molecule has 7 nitrogen and oxygen atoms in total. The van der Waals surface area contributed by atoms with E-state index in [1.165, 1.54) is 0 Å². The van der Waals surface area contributed by atoms with Crippen LogP contribution in [0.2, 0.25) is 0 Å². The van der Waals surface area contributed by atoms with Crippen molar-refractivity contribution in [3.63, 3.8) is 0 Å². The number of nitrogens with one attached hydrogen (secondary N) is 1. The lowest BCUT2D eigenvalue weighted by Gasteiger charge is -2.32. The van der Waals surface area contributed by atoms with Gasteiger partial charge in [0.25, 0.3) is 0 Å². The Morgan fingerprint density at radius 2 is 1.73 bits per heavy atom. The Labute approximate surface area is 178 Å². The minimum Gasteiger partial charge on any atom is -0.478 e. The molecule has 0 saturated carbocycles. The monoisotopic (exact) mass is 417 g/mol. The Morgan fingerprint density at radius 3 is 2.23 bits per heavy atom. The van der Waals surface area contributed by atoms with E-state index >= 15 is 0 Å². The predicted molar refractivity (Wildman–Crippen MR) is 116 cm³/mol. The molecule has 1 fully saturated rings. The van der Waals surface area contributed by atoms with Crippen molar-refractivity contribution in [1.82, 2.24) is 5.32 Å². The van der Waals surface area contributed by atoms with Gasteiger partial charge in [0, 0.05) is 6.54 Å². The van der Waals surface area contributed by atoms with E-state index in [1.54, 1.807) is 45.0 Å². The van der Waals surface area contributed by atoms with Crippen molar-refractivity contribution in [2.24, 2.45) is 0 Å². The summed E-state index contributed by atoms with van der Waals surface area (Å²) < 4.78 is 17.6. The molecule has 0 spiro atoms. The third-order valence-electron chi connectivity index (χ3n) is 5.26. The fourth-order valence-corrected chi connectivity index (χ4v) is 2.81. The first-order valence-electron chi connectivity index (χ1n) is 9.98. The maximum absolute atomic E-state index is 12.2. The summed E-state index contributed by atoms with van der Waals surface area (Å²) in [5.74, 6) is -1.01. The lowest BCUT2D eigenvalue weighted by molar-refractivity contribution is 0.00578. The van der Waals surface area contributed by atoms with Gasteiger partial charge in [0.1, 0.15) is 5.60 Å². The first kappa shape index (κ1) is 24.0. The largest absolute Gasteiger partial charge is 0.492 e. The van der Waals surface area contributed by atoms with E-state index in [0.717, 1.165) is 5.56 Å². The number of rotatable bonds is 5. The normalized spacial score (nSPS) is 18.3. The number of carbonyl (C=O) groups is 2. The highest BCUT2D eigenvalue weighted by Gasteiger charge is 2.52. The summed E-state index contributed by atoms with van der Waals surface area (Å²) in [5.41, 5.74) is 0.716. The molecule has 2 N–H and O–H groups in total. The van der Waals surface area contributed by atoms with Crippen LogP contribution in [0.1, 0.15) is 70.0 Å². The van der Waals surface area contributed by atoms with E-state index < -0.39 is 36.0 Å². The molecule has 0 aliphatic carbocycles. The van der Waals surface area contributed by atoms with E-state index in [4.69, 9.17) is 14.0 Å². The number of ether oxygens (including phenoxy) is 1. The van der Waals surface area contributed by atoms with Crippen LogP contribution >= 0.6 is 0 Å². The number of aromatic carboxylic acids is 1. The second-order valence-electron chi connectivity index (χ2n) is 9.54. The van der Waals surface area contributed by atoms with Crippen LogP contribution in [0.3, 0.4) is 0 Å². The molecule has 30 heavy (non-hydrogen) atoms. The smallest absolute Gasteiger partial charge is 0.478 e. The molecule has 0 aromatic heterocycles. The van der Waals surface area contributed by atoms with Crippen LogP contribution in [0.15, 0.2) is 23.7 Å². The van der Waals surface area contributed by atoms with E-state index in [1.807, 2.05) is 34.6 Å². The summed E-state index contributed by atoms with van der Waals surface area (Å²) in [6, 6.07) is 4.90. The van der Waals surface area contributed by atoms with Gasteiger partial charge in [-0.25, -0.2) is 9.59 Å². The lowest BCUT2D eigenvalue weighted by atomic mass is 9.76. The van der Waals surface area contributed by atoms with Gasteiger partial charge in [-0.15, -0.1) is 0 Å². The lowest BCUT2D eigenvalue weighted by Crippen LogP contribution is -2.41. The number of carboxylic acids is 1. The van der Waals surface area contributed by atoms with Crippen molar-refractivity contribution in [2.45, 2.75) is 72.2 Å². The van der Waals surface area contributed by atoms with Gasteiger partial charge in [-0.3, -0.25) is 0 Å². The zero-order valence-electron chi connectivity index (χ0n) is 19.1. The number of hydrogen-bond acceptors (Lipinski definition) is 5. The summed E-state index contributed by atoms with van der Waals surface area (Å²) in [6.07, 6.45) is 1.25. The molecule has 1 saturated heterocycles. The summed E-state index contributed by atoms with van der Waals surface area (Å²) in [4.78, 5) is 23.6. The van der Waals surface area contributed by atoms with Gasteiger partial charge in [0.05, 0.1) is 16.8 Å². The van der Waals surface area contributed by atoms with Crippen molar-refractivity contribution >= 4 is 25.3 Å². The second-order valence-corrected chi connectivity index (χ2v) is 9.54. The Kier molecular flexibility index (Phi) is 6.74. The molecule has 1 aliphatic heterocycles. The fourth-order valence-electron chi connectivity index (χ4n) is 2.81. The highest BCUT2D eigenvalue weighted by atomic mass is 16.7. The van der Waals surface area contributed by atoms with Crippen LogP contribution < -0.4 is 5.32 Å². The van der Waals surface area contributed by atoms with Crippen molar-refractivity contribution < 1.29 is 28.7 Å². The van der Waals surface area contributed by atoms with Crippen molar-refractivity contribution in [3.05, 3.63) is 40.4 Å². The summed E-state index contributed by atoms with van der Waals surface area (Å²) in [6.45, 7) is 15.2. The fraction of sp³-hybridized carbons (Fsp3) is 0.545. The average molecular weight is 417 g/mol. The van der Waals surface area contributed by atoms with Crippen LogP contribution in [0.25, 0.3) is 6.08 Å². The molecule has 164 valence electrons. The molecular weight excluding hydrogens is 385 g/mol. The second kappa shape index (κ2) is 8.43. The summed E-state index contributed by atoms with van der Waals surface area (Å²) in [7, 11) is -0.696. The third kappa shape index (κ3) is 5.86. The van der Waals surface area contributed by atoms with Gasteiger partial charge in [-0.1, -0.05) is 12.1 Å². The topological polar surface area (TPSA) is 94.1 Å². The highest BCUT2D eigenvalue weighted by Crippen LogP contribution is 2.38. The number of aryl methyl sites for hydroxylation is 1. The minimum atomic E-state index is -1.01. The van der Waals surface area contributed by atoms with Crippen molar-refractivity contribution in [1.29, 1.82) is 0 Å². The molecule has 0 radical (unpaired) electrons. The van der Waals surface area contributed by atoms with E-state index in [2.05, 4.69) is 5.32 Å². The van der Waals surface area contributed by atoms with Crippen LogP contribution in [-0.4, -0.2) is 47.6 Å². The molecule has 0 bridgehead atoms. The molecule has 1 aliphatic rings. The molecule has 0 unspecified atom stereocenters. The van der Waals surface area contributed by atoms with Gasteiger partial charge in [-0.05, 0) is 84.1 Å². The quantitative estimate of drug-likeness (QED) is 0.697. The van der Waals surface area contributed by atoms with Gasteiger partial charge in [0.15, 0.2) is 0 Å². The number of amides is 1. The van der Waals surface area contributed by atoms with Crippen LogP contribution in [0.5, 0.6) is 0 Å². The molecule has 8 heteroatoms. The van der Waals surface area contributed by atoms with Crippen LogP contribution in [0.4, 0.5) is 4.79 Å². The van der Waals surface area contributed by atoms with E-state index in [-0.39, 0.29) is 12.1 Å². The zero-order chi connectivity index (χ0) is 22.9. The van der Waals surface area contributed by atoms with Gasteiger partial charge >= 0.3 is 19.2 Å². The number of hydrogen-bond donors (Lipinski definition) is 2. The maximum atomic E-state index is 12.2. The number of benzene rings is 1. The van der Waals surface area contributed by atoms with Crippen molar-refractivity contribution in [2.75, 3.05) is 6.54 Å². The highest BCUT2D eigenvalue weighted by molar-refractivity contribution is 6.56. The number of alkyl carbamates (subject to hydrolysis) is 1. The first-order valence-corrected chi connectivity index (χ1v) is 9.98. The maximum Gasteiger partial charge on any atom is 0.492 e. The minimum absolute atomic E-state index is 0.127. The third-order valence-corrected chi connectivity index (χ3v) is 5.26. The van der Waals surface area contributed by atoms with E-state index in [9.17, 15) is 14.7 Å². The standard InChI is InChI=1S/C22H32BNO6/c1-14-9-10-15(18(25)26)11-16(14)12-17(13-24-19(27)28-20(2,3)4)23-29-21(5,6)22(7,8)30-23/h9-12H,13H2,1-8H3,(H,24,27)(H,25,26). The van der Waals surface area contributed by atoms with Gasteiger partial charge in [0.2, 0.25) is 0 Å². The SMILES string of the molecule is Cc1ccc(C(=O)O)cc1C=C(CNC(=O)OC(C)(C)C)B1OC(C)(C)C(C)(C)O1. The molecule has 1 amide bonds. The molecule has 1 aromatic carbocycles. The molecule has 1 heterocycles. The van der Waals surface area contributed by atoms with Crippen LogP contribution in [0, 0.1) is 6.92 Å². The molecule has 1 aromatic rings. The molecular formula is C22H32BNO6. The van der Waals surface area contributed by atoms with Crippen LogP contribution in [-0.2, 0) is 14.0 Å². The van der Waals surface area contributed by atoms with Crippen molar-refractivity contribution in [3.8, 4) is 0 Å². The zero-order valence-corrected chi connectivity index (χ0v) is 19.1. The molecule has 2 rings (SSSR count). The Balaban J connectivity index is 2.37. The van der Waals surface area contributed by atoms with Gasteiger partial charge in [-0.2, -0.15) is 0 Å². The Hall–Kier alpha value is -2.32. The predicted octanol–water partition coefficient (Wildman–Crippen LogP) is 4.23. The van der Waals surface area contributed by atoms with E-state index in [0.29, 0.717) is 11.0 Å². The average Bonchev–Trinajstić information content (AvgIpc) is 2.78. The Morgan fingerprint density at radius 1 is 1.17 bits per heavy atom.